The van der Waals surface area contributed by atoms with Gasteiger partial charge in [0.25, 0.3) is 0 Å². The van der Waals surface area contributed by atoms with Crippen LogP contribution in [0, 0.1) is 0 Å². The van der Waals surface area contributed by atoms with Gasteiger partial charge in [-0.25, -0.2) is 4.98 Å². The zero-order valence-electron chi connectivity index (χ0n) is 17.8. The van der Waals surface area contributed by atoms with E-state index in [0.29, 0.717) is 23.0 Å². The maximum absolute atomic E-state index is 13.5. The van der Waals surface area contributed by atoms with Gasteiger partial charge in [-0.15, -0.1) is 0 Å². The van der Waals surface area contributed by atoms with Crippen molar-refractivity contribution in [2.45, 2.75) is 45.9 Å². The summed E-state index contributed by atoms with van der Waals surface area (Å²) in [5, 5.41) is 5.70. The van der Waals surface area contributed by atoms with E-state index in [-0.39, 0.29) is 17.9 Å². The van der Waals surface area contributed by atoms with Gasteiger partial charge in [0.2, 0.25) is 5.95 Å². The van der Waals surface area contributed by atoms with E-state index >= 15 is 0 Å². The van der Waals surface area contributed by atoms with Gasteiger partial charge < -0.3 is 15.4 Å². The Morgan fingerprint density at radius 2 is 1.42 bits per heavy atom. The minimum absolute atomic E-state index is 0.000687. The van der Waals surface area contributed by atoms with Gasteiger partial charge in [0.05, 0.1) is 6.10 Å². The Bertz CT molecular complexity index is 1000. The minimum Gasteiger partial charge on any atom is -0.491 e. The average Bonchev–Trinajstić information content (AvgIpc) is 2.69. The Labute approximate surface area is 179 Å². The zero-order chi connectivity index (χ0) is 22.6. The highest BCUT2D eigenvalue weighted by molar-refractivity contribution is 5.63. The molecule has 0 aliphatic carbocycles. The van der Waals surface area contributed by atoms with E-state index in [1.165, 1.54) is 0 Å². The molecule has 3 aromatic rings. The van der Waals surface area contributed by atoms with Gasteiger partial charge in [0.1, 0.15) is 17.1 Å². The van der Waals surface area contributed by atoms with E-state index in [0.717, 1.165) is 11.8 Å². The van der Waals surface area contributed by atoms with E-state index in [1.807, 2.05) is 38.1 Å². The number of benzene rings is 2. The molecule has 5 nitrogen and oxygen atoms in total. The van der Waals surface area contributed by atoms with Crippen LogP contribution in [0.4, 0.5) is 36.3 Å². The van der Waals surface area contributed by atoms with Crippen molar-refractivity contribution in [1.29, 1.82) is 0 Å². The Hall–Kier alpha value is -3.29. The number of rotatable bonds is 7. The van der Waals surface area contributed by atoms with Gasteiger partial charge in [0, 0.05) is 17.6 Å². The van der Waals surface area contributed by atoms with Gasteiger partial charge in [-0.3, -0.25) is 0 Å². The molecule has 1 aromatic heterocycles. The average molecular weight is 430 g/mol. The standard InChI is InChI=1S/C23H25F3N4O/c1-14(2)16-5-7-18(8-6-16)29-22-27-13-20(23(24,25)26)21(30-22)28-17-9-11-19(12-10-17)31-15(3)4/h5-15H,1-4H3,(H2,27,28,29,30). The van der Waals surface area contributed by atoms with E-state index in [1.54, 1.807) is 24.3 Å². The van der Waals surface area contributed by atoms with Gasteiger partial charge in [-0.05, 0) is 61.7 Å². The fourth-order valence-corrected chi connectivity index (χ4v) is 2.85. The van der Waals surface area contributed by atoms with Gasteiger partial charge >= 0.3 is 6.18 Å². The second kappa shape index (κ2) is 9.24. The molecule has 1 heterocycles. The molecule has 3 rings (SSSR count). The molecule has 0 saturated heterocycles. The van der Waals surface area contributed by atoms with Crippen LogP contribution in [0.2, 0.25) is 0 Å². The lowest BCUT2D eigenvalue weighted by molar-refractivity contribution is -0.137. The lowest BCUT2D eigenvalue weighted by atomic mass is 10.0. The molecule has 0 aliphatic heterocycles. The third-order valence-corrected chi connectivity index (χ3v) is 4.42. The Kier molecular flexibility index (Phi) is 6.68. The zero-order valence-corrected chi connectivity index (χ0v) is 17.8. The molecule has 8 heteroatoms. The summed E-state index contributed by atoms with van der Waals surface area (Å²) in [7, 11) is 0. The normalized spacial score (nSPS) is 11.6. The third-order valence-electron chi connectivity index (χ3n) is 4.42. The molecule has 0 spiro atoms. The van der Waals surface area contributed by atoms with Crippen molar-refractivity contribution < 1.29 is 17.9 Å². The summed E-state index contributed by atoms with van der Waals surface area (Å²) < 4.78 is 46.0. The van der Waals surface area contributed by atoms with Crippen LogP contribution >= 0.6 is 0 Å². The molecule has 0 fully saturated rings. The number of nitrogens with one attached hydrogen (secondary N) is 2. The van der Waals surface area contributed by atoms with Crippen LogP contribution in [0.3, 0.4) is 0 Å². The Morgan fingerprint density at radius 1 is 0.839 bits per heavy atom. The number of anilines is 4. The summed E-state index contributed by atoms with van der Waals surface area (Å²) >= 11 is 0. The van der Waals surface area contributed by atoms with Crippen molar-refractivity contribution in [2.75, 3.05) is 10.6 Å². The van der Waals surface area contributed by atoms with E-state index in [2.05, 4.69) is 34.4 Å². The molecule has 164 valence electrons. The first kappa shape index (κ1) is 22.4. The molecule has 0 amide bonds. The highest BCUT2D eigenvalue weighted by Crippen LogP contribution is 2.35. The van der Waals surface area contributed by atoms with Crippen LogP contribution in [0.5, 0.6) is 5.75 Å². The molecule has 0 unspecified atom stereocenters. The summed E-state index contributed by atoms with van der Waals surface area (Å²) in [5.74, 6) is 0.741. The molecular formula is C23H25F3N4O. The molecule has 2 N–H and O–H groups in total. The van der Waals surface area contributed by atoms with E-state index in [4.69, 9.17) is 4.74 Å². The molecular weight excluding hydrogens is 405 g/mol. The predicted octanol–water partition coefficient (Wildman–Crippen LogP) is 6.89. The van der Waals surface area contributed by atoms with Crippen molar-refractivity contribution in [3.05, 3.63) is 65.9 Å². The van der Waals surface area contributed by atoms with Crippen LogP contribution in [0.1, 0.15) is 44.7 Å². The molecule has 0 atom stereocenters. The molecule has 0 radical (unpaired) electrons. The maximum atomic E-state index is 13.5. The maximum Gasteiger partial charge on any atom is 0.421 e. The van der Waals surface area contributed by atoms with Crippen molar-refractivity contribution in [1.82, 2.24) is 9.97 Å². The quantitative estimate of drug-likeness (QED) is 0.427. The van der Waals surface area contributed by atoms with Crippen molar-refractivity contribution >= 4 is 23.1 Å². The third kappa shape index (κ3) is 6.10. The van der Waals surface area contributed by atoms with Crippen LogP contribution < -0.4 is 15.4 Å². The second-order valence-electron chi connectivity index (χ2n) is 7.67. The topological polar surface area (TPSA) is 59.1 Å². The SMILES string of the molecule is CC(C)Oc1ccc(Nc2nc(Nc3ccc(C(C)C)cc3)ncc2C(F)(F)F)cc1. The fraction of sp³-hybridized carbons (Fsp3) is 0.304. The summed E-state index contributed by atoms with van der Waals surface area (Å²) in [6.07, 6.45) is -3.82. The van der Waals surface area contributed by atoms with Gasteiger partial charge in [-0.1, -0.05) is 26.0 Å². The second-order valence-corrected chi connectivity index (χ2v) is 7.67. The minimum atomic E-state index is -4.60. The molecule has 2 aromatic carbocycles. The first-order valence-electron chi connectivity index (χ1n) is 9.97. The molecule has 0 bridgehead atoms. The number of hydrogen-bond acceptors (Lipinski definition) is 5. The van der Waals surface area contributed by atoms with Gasteiger partial charge in [-0.2, -0.15) is 18.2 Å². The fourth-order valence-electron chi connectivity index (χ4n) is 2.85. The van der Waals surface area contributed by atoms with Crippen LogP contribution in [-0.2, 0) is 6.18 Å². The predicted molar refractivity (Wildman–Crippen MR) is 116 cm³/mol. The van der Waals surface area contributed by atoms with Crippen LogP contribution in [0.15, 0.2) is 54.7 Å². The smallest absolute Gasteiger partial charge is 0.421 e. The lowest BCUT2D eigenvalue weighted by Gasteiger charge is -2.16. The summed E-state index contributed by atoms with van der Waals surface area (Å²) in [4.78, 5) is 7.92. The first-order valence-corrected chi connectivity index (χ1v) is 9.97. The van der Waals surface area contributed by atoms with Crippen molar-refractivity contribution in [3.63, 3.8) is 0 Å². The number of halogens is 3. The number of nitrogens with zero attached hydrogens (tertiary/aromatic N) is 2. The highest BCUT2D eigenvalue weighted by Gasteiger charge is 2.35. The number of aromatic nitrogens is 2. The molecule has 0 saturated carbocycles. The summed E-state index contributed by atoms with van der Waals surface area (Å²) in [5.41, 5.74) is 1.35. The number of alkyl halides is 3. The highest BCUT2D eigenvalue weighted by atomic mass is 19.4. The summed E-state index contributed by atoms with van der Waals surface area (Å²) in [6.45, 7) is 7.96. The first-order chi connectivity index (χ1) is 14.6. The van der Waals surface area contributed by atoms with Crippen LogP contribution in [-0.4, -0.2) is 16.1 Å². The number of ether oxygens (including phenoxy) is 1. The summed E-state index contributed by atoms with van der Waals surface area (Å²) in [6, 6.07) is 14.2. The molecule has 31 heavy (non-hydrogen) atoms. The van der Waals surface area contributed by atoms with E-state index < -0.39 is 11.7 Å². The van der Waals surface area contributed by atoms with Crippen molar-refractivity contribution in [2.24, 2.45) is 0 Å². The van der Waals surface area contributed by atoms with Crippen molar-refractivity contribution in [3.8, 4) is 5.75 Å². The lowest BCUT2D eigenvalue weighted by Crippen LogP contribution is -2.12. The molecule has 0 aliphatic rings. The van der Waals surface area contributed by atoms with Crippen LogP contribution in [0.25, 0.3) is 0 Å². The van der Waals surface area contributed by atoms with Gasteiger partial charge in [0.15, 0.2) is 0 Å². The Morgan fingerprint density at radius 3 is 1.97 bits per heavy atom. The Balaban J connectivity index is 1.85. The monoisotopic (exact) mass is 430 g/mol. The largest absolute Gasteiger partial charge is 0.491 e. The number of hydrogen-bond donors (Lipinski definition) is 2. The van der Waals surface area contributed by atoms with E-state index in [9.17, 15) is 13.2 Å².